The molecular weight excluding hydrogens is 803 g/mol. The van der Waals surface area contributed by atoms with Gasteiger partial charge in [-0.25, -0.2) is 0 Å². The zero-order chi connectivity index (χ0) is 30.9. The molecule has 0 nitrogen and oxygen atoms in total. The Morgan fingerprint density at radius 3 is 1.30 bits per heavy atom. The maximum atomic E-state index is 2.69. The minimum atomic E-state index is -2.74. The van der Waals surface area contributed by atoms with E-state index in [1.54, 1.807) is 0 Å². The fraction of sp³-hybridized carbons (Fsp3) is 0.163. The van der Waals surface area contributed by atoms with Gasteiger partial charge in [0.1, 0.15) is 0 Å². The summed E-state index contributed by atoms with van der Waals surface area (Å²) in [5.74, 6) is 0.897. The van der Waals surface area contributed by atoms with Crippen LogP contribution >= 0.6 is 17.0 Å². The van der Waals surface area contributed by atoms with Gasteiger partial charge >= 0.3 is 275 Å². The van der Waals surface area contributed by atoms with E-state index in [0.717, 1.165) is 0 Å². The predicted molar refractivity (Wildman–Crippen MR) is 206 cm³/mol. The molecule has 0 amide bonds. The van der Waals surface area contributed by atoms with Gasteiger partial charge in [-0.05, 0) is 0 Å². The van der Waals surface area contributed by atoms with Gasteiger partial charge in [0.15, 0.2) is 0 Å². The summed E-state index contributed by atoms with van der Waals surface area (Å²) in [4.78, 5) is 0. The van der Waals surface area contributed by atoms with Crippen molar-refractivity contribution in [3.05, 3.63) is 155 Å². The van der Waals surface area contributed by atoms with Crippen LogP contribution < -0.4 is 0 Å². The molecule has 0 bridgehead atoms. The van der Waals surface area contributed by atoms with Gasteiger partial charge in [0.2, 0.25) is 0 Å². The topological polar surface area (TPSA) is 0 Å². The molecule has 46 heavy (non-hydrogen) atoms. The molecule has 6 aromatic carbocycles. The summed E-state index contributed by atoms with van der Waals surface area (Å²) in [7, 11) is 0. The van der Waals surface area contributed by atoms with Crippen molar-refractivity contribution >= 4 is 57.6 Å². The van der Waals surface area contributed by atoms with E-state index in [1.165, 1.54) is 77.2 Å². The van der Waals surface area contributed by atoms with Crippen LogP contribution in [0.2, 0.25) is 13.0 Å². The van der Waals surface area contributed by atoms with Crippen LogP contribution in [0.4, 0.5) is 0 Å². The van der Waals surface area contributed by atoms with Gasteiger partial charge in [0.05, 0.1) is 0 Å². The van der Waals surface area contributed by atoms with E-state index in [1.807, 2.05) is 0 Å². The molecule has 2 aliphatic carbocycles. The van der Waals surface area contributed by atoms with Gasteiger partial charge in [-0.1, -0.05) is 0 Å². The summed E-state index contributed by atoms with van der Waals surface area (Å²) in [6, 6.07) is 45.4. The summed E-state index contributed by atoms with van der Waals surface area (Å²) in [6.07, 6.45) is 5.07. The summed E-state index contributed by atoms with van der Waals surface area (Å²) in [6.45, 7) is 7.23. The molecule has 227 valence electrons. The van der Waals surface area contributed by atoms with Crippen molar-refractivity contribution < 1.29 is 18.6 Å². The second-order valence-electron chi connectivity index (χ2n) is 13.9. The molecule has 8 rings (SSSR count). The number of hydrogen-bond donors (Lipinski definition) is 0. The number of allylic oxidation sites excluding steroid dienone is 2. The van der Waals surface area contributed by atoms with E-state index < -0.39 is 18.6 Å². The van der Waals surface area contributed by atoms with Gasteiger partial charge in [-0.15, -0.1) is 17.0 Å². The Morgan fingerprint density at radius 1 is 0.500 bits per heavy atom. The first-order valence-electron chi connectivity index (χ1n) is 16.2. The van der Waals surface area contributed by atoms with Crippen LogP contribution in [0, 0.1) is 0 Å². The molecule has 2 atom stereocenters. The standard InChI is InChI=1S/C41H31.2CH3.BrH.Hf.H2Si/c1-26-23-40-34(32-17-7-13-28-11-3-5-15-30(28)32)19-9-21-36(40)38(26)25-39-27(2)24-41-35(20-10-22-37(39)41)33-18-8-14-29-12-4-6-16-31(29)33;;;;;/h3-25,38-39H,1-2H3;2*1H3;1H;;1H2. The molecule has 0 heterocycles. The first-order chi connectivity index (χ1) is 21.8. The molecule has 0 spiro atoms. The van der Waals surface area contributed by atoms with E-state index in [0.29, 0.717) is 15.5 Å². The fourth-order valence-corrected chi connectivity index (χ4v) is 22.1. The van der Waals surface area contributed by atoms with Crippen molar-refractivity contribution in [2.75, 3.05) is 0 Å². The SMILES string of the molecule is Br.CC1=Cc2c(-c3cccc4ccccc34)cccc2C1[CH](C1C(C)=Cc2c(-c3cccc4ccccc34)cccc21)[Hf]([CH3])([CH3])=[SiH2]. The van der Waals surface area contributed by atoms with Gasteiger partial charge in [-0.2, -0.15) is 0 Å². The van der Waals surface area contributed by atoms with Gasteiger partial charge in [-0.3, -0.25) is 0 Å². The normalized spacial score (nSPS) is 17.7. The Labute approximate surface area is 289 Å². The molecule has 0 saturated carbocycles. The molecule has 0 aliphatic heterocycles. The van der Waals surface area contributed by atoms with Gasteiger partial charge in [0, 0.05) is 0 Å². The third-order valence-corrected chi connectivity index (χ3v) is 23.2. The fourth-order valence-electron chi connectivity index (χ4n) is 8.59. The van der Waals surface area contributed by atoms with Crippen molar-refractivity contribution in [2.24, 2.45) is 0 Å². The molecule has 0 N–H and O–H groups in total. The second-order valence-corrected chi connectivity index (χ2v) is 45.5. The Bertz CT molecular complexity index is 2110. The second kappa shape index (κ2) is 12.2. The van der Waals surface area contributed by atoms with Gasteiger partial charge < -0.3 is 0 Å². The molecule has 2 aliphatic rings. The van der Waals surface area contributed by atoms with E-state index in [4.69, 9.17) is 0 Å². The molecule has 0 saturated heterocycles. The van der Waals surface area contributed by atoms with Crippen LogP contribution in [0.3, 0.4) is 0 Å². The number of fused-ring (bicyclic) bond motifs is 4. The molecule has 2 unspecified atom stereocenters. The summed E-state index contributed by atoms with van der Waals surface area (Å²) in [5, 5.41) is 5.28. The van der Waals surface area contributed by atoms with Crippen LogP contribution in [0.5, 0.6) is 0 Å². The van der Waals surface area contributed by atoms with Crippen LogP contribution in [-0.4, -0.2) is 6.94 Å². The maximum absolute atomic E-state index is 2.74. The Morgan fingerprint density at radius 2 is 0.870 bits per heavy atom. The van der Waals surface area contributed by atoms with Crippen molar-refractivity contribution in [1.82, 2.24) is 0 Å². The Balaban J connectivity index is 0.00000338. The number of rotatable bonds is 5. The van der Waals surface area contributed by atoms with E-state index >= 15 is 0 Å². The van der Waals surface area contributed by atoms with Crippen LogP contribution in [0.25, 0.3) is 56.0 Å². The average molecular weight is 843 g/mol. The zero-order valence-electron chi connectivity index (χ0n) is 27.0. The average Bonchev–Trinajstić information content (AvgIpc) is 3.55. The molecule has 0 fully saturated rings. The van der Waals surface area contributed by atoms with Crippen LogP contribution in [-0.2, 0) is 18.6 Å². The van der Waals surface area contributed by atoms with E-state index in [9.17, 15) is 0 Å². The molecule has 0 radical (unpaired) electrons. The molecular formula is C43H40BrHfSi. The number of halogens is 1. The third-order valence-electron chi connectivity index (χ3n) is 10.5. The first-order valence-corrected chi connectivity index (χ1v) is 33.8. The molecule has 6 aromatic rings. The van der Waals surface area contributed by atoms with E-state index in [2.05, 4.69) is 164 Å². The Hall–Kier alpha value is -3.11. The summed E-state index contributed by atoms with van der Waals surface area (Å²) in [5.41, 5.74) is 14.4. The zero-order valence-corrected chi connectivity index (χ0v) is 33.8. The van der Waals surface area contributed by atoms with Crippen molar-refractivity contribution in [3.63, 3.8) is 0 Å². The molecule has 3 heteroatoms. The van der Waals surface area contributed by atoms with Crippen molar-refractivity contribution in [3.8, 4) is 22.3 Å². The summed E-state index contributed by atoms with van der Waals surface area (Å²) < 4.78 is 6.02. The predicted octanol–water partition coefficient (Wildman–Crippen LogP) is 12.2. The minimum absolute atomic E-state index is 0. The van der Waals surface area contributed by atoms with Gasteiger partial charge in [0.25, 0.3) is 0 Å². The number of benzene rings is 6. The Kier molecular flexibility index (Phi) is 8.32. The van der Waals surface area contributed by atoms with Crippen LogP contribution in [0.15, 0.2) is 132 Å². The molecule has 0 aromatic heterocycles. The van der Waals surface area contributed by atoms with Crippen molar-refractivity contribution in [1.29, 1.82) is 0 Å². The number of hydrogen-bond acceptors (Lipinski definition) is 0. The van der Waals surface area contributed by atoms with Crippen LogP contribution in [0.1, 0.15) is 47.9 Å². The van der Waals surface area contributed by atoms with E-state index in [-0.39, 0.29) is 17.0 Å². The monoisotopic (exact) mass is 843 g/mol. The third kappa shape index (κ3) is 5.10. The first kappa shape index (κ1) is 31.5. The quantitative estimate of drug-likeness (QED) is 0.152. The summed E-state index contributed by atoms with van der Waals surface area (Å²) >= 11 is -2.74. The van der Waals surface area contributed by atoms with Crippen molar-refractivity contribution in [2.45, 2.75) is 38.7 Å².